The van der Waals surface area contributed by atoms with Crippen molar-refractivity contribution in [1.29, 1.82) is 0 Å². The first-order chi connectivity index (χ1) is 17.6. The zero-order valence-electron chi connectivity index (χ0n) is 22.1. The van der Waals surface area contributed by atoms with Crippen molar-refractivity contribution >= 4 is 27.5 Å². The highest BCUT2D eigenvalue weighted by Crippen LogP contribution is 2.28. The number of hydrogen-bond donors (Lipinski definition) is 1. The second-order valence-corrected chi connectivity index (χ2v) is 11.0. The number of anilines is 1. The van der Waals surface area contributed by atoms with Gasteiger partial charge < -0.3 is 10.2 Å². The van der Waals surface area contributed by atoms with Crippen LogP contribution in [0.5, 0.6) is 0 Å². The van der Waals surface area contributed by atoms with Crippen LogP contribution in [0.2, 0.25) is 0 Å². The standard InChI is InChI=1S/C29H35N3O4S/c1-6-30-29(34)24(5)31(19-25-13-11-10-12-22(25)3)28(33)20-32(27-17-16-21(2)18-23(27)4)37(35,36)26-14-8-7-9-15-26/h7-18,24H,6,19-20H2,1-5H3,(H,30,34)/t24-/m1/s1. The maximum Gasteiger partial charge on any atom is 0.264 e. The average Bonchev–Trinajstić information content (AvgIpc) is 2.87. The number of likely N-dealkylation sites (N-methyl/N-ethyl adjacent to an activating group) is 1. The summed E-state index contributed by atoms with van der Waals surface area (Å²) in [7, 11) is -4.07. The lowest BCUT2D eigenvalue weighted by atomic mass is 10.1. The van der Waals surface area contributed by atoms with Gasteiger partial charge in [0.2, 0.25) is 11.8 Å². The minimum absolute atomic E-state index is 0.0880. The molecule has 0 aliphatic carbocycles. The summed E-state index contributed by atoms with van der Waals surface area (Å²) < 4.78 is 28.8. The van der Waals surface area contributed by atoms with E-state index in [0.29, 0.717) is 12.2 Å². The van der Waals surface area contributed by atoms with Crippen molar-refractivity contribution in [1.82, 2.24) is 10.2 Å². The van der Waals surface area contributed by atoms with E-state index in [0.717, 1.165) is 26.6 Å². The molecule has 0 aromatic heterocycles. The Morgan fingerprint density at radius 3 is 2.16 bits per heavy atom. The maximum atomic E-state index is 13.9. The number of carbonyl (C=O) groups excluding carboxylic acids is 2. The molecule has 0 bridgehead atoms. The van der Waals surface area contributed by atoms with Gasteiger partial charge in [-0.15, -0.1) is 0 Å². The van der Waals surface area contributed by atoms with Crippen molar-refractivity contribution in [3.8, 4) is 0 Å². The van der Waals surface area contributed by atoms with Crippen molar-refractivity contribution in [2.45, 2.75) is 52.1 Å². The maximum absolute atomic E-state index is 13.9. The van der Waals surface area contributed by atoms with E-state index in [2.05, 4.69) is 5.32 Å². The first kappa shape index (κ1) is 27.9. The Balaban J connectivity index is 2.07. The van der Waals surface area contributed by atoms with Crippen LogP contribution in [0, 0.1) is 20.8 Å². The second kappa shape index (κ2) is 12.1. The van der Waals surface area contributed by atoms with E-state index in [1.54, 1.807) is 31.2 Å². The van der Waals surface area contributed by atoms with Crippen LogP contribution in [0.3, 0.4) is 0 Å². The van der Waals surface area contributed by atoms with Crippen molar-refractivity contribution in [3.05, 3.63) is 95.1 Å². The van der Waals surface area contributed by atoms with E-state index in [4.69, 9.17) is 0 Å². The number of sulfonamides is 1. The van der Waals surface area contributed by atoms with Crippen LogP contribution in [0.15, 0.2) is 77.7 Å². The summed E-state index contributed by atoms with van der Waals surface area (Å²) in [6.45, 7) is 9.31. The quantitative estimate of drug-likeness (QED) is 0.430. The molecule has 3 aromatic carbocycles. The summed E-state index contributed by atoms with van der Waals surface area (Å²) >= 11 is 0. The van der Waals surface area contributed by atoms with Gasteiger partial charge in [0.25, 0.3) is 10.0 Å². The lowest BCUT2D eigenvalue weighted by Gasteiger charge is -2.32. The minimum Gasteiger partial charge on any atom is -0.355 e. The number of nitrogens with zero attached hydrogens (tertiary/aromatic N) is 2. The van der Waals surface area contributed by atoms with Gasteiger partial charge in [0.05, 0.1) is 10.6 Å². The summed E-state index contributed by atoms with van der Waals surface area (Å²) in [4.78, 5) is 28.2. The molecule has 0 heterocycles. The van der Waals surface area contributed by atoms with Gasteiger partial charge in [-0.2, -0.15) is 0 Å². The van der Waals surface area contributed by atoms with Crippen LogP contribution in [0.4, 0.5) is 5.69 Å². The number of hydrogen-bond acceptors (Lipinski definition) is 4. The number of nitrogens with one attached hydrogen (secondary N) is 1. The fourth-order valence-electron chi connectivity index (χ4n) is 4.19. The lowest BCUT2D eigenvalue weighted by molar-refractivity contribution is -0.139. The predicted octanol–water partition coefficient (Wildman–Crippen LogP) is 4.36. The molecule has 2 amide bonds. The molecule has 1 atom stereocenters. The zero-order chi connectivity index (χ0) is 27.2. The van der Waals surface area contributed by atoms with Crippen molar-refractivity contribution in [2.24, 2.45) is 0 Å². The van der Waals surface area contributed by atoms with E-state index >= 15 is 0 Å². The molecule has 0 spiro atoms. The highest BCUT2D eigenvalue weighted by molar-refractivity contribution is 7.92. The predicted molar refractivity (Wildman–Crippen MR) is 147 cm³/mol. The molecule has 8 heteroatoms. The van der Waals surface area contributed by atoms with Gasteiger partial charge in [-0.05, 0) is 69.5 Å². The number of benzene rings is 3. The van der Waals surface area contributed by atoms with Crippen LogP contribution >= 0.6 is 0 Å². The SMILES string of the molecule is CCNC(=O)[C@@H](C)N(Cc1ccccc1C)C(=O)CN(c1ccc(C)cc1C)S(=O)(=O)c1ccccc1. The summed E-state index contributed by atoms with van der Waals surface area (Å²) in [5, 5.41) is 2.77. The van der Waals surface area contributed by atoms with Gasteiger partial charge >= 0.3 is 0 Å². The third-order valence-corrected chi connectivity index (χ3v) is 8.13. The Morgan fingerprint density at radius 1 is 0.892 bits per heavy atom. The molecule has 0 saturated carbocycles. The molecule has 3 rings (SSSR count). The highest BCUT2D eigenvalue weighted by Gasteiger charge is 2.33. The summed E-state index contributed by atoms with van der Waals surface area (Å²) in [5.74, 6) is -0.769. The van der Waals surface area contributed by atoms with E-state index < -0.39 is 28.5 Å². The Kier molecular flexibility index (Phi) is 9.10. The van der Waals surface area contributed by atoms with E-state index in [1.165, 1.54) is 17.0 Å². The molecule has 0 fully saturated rings. The first-order valence-corrected chi connectivity index (χ1v) is 13.8. The molecule has 7 nitrogen and oxygen atoms in total. The van der Waals surface area contributed by atoms with Gasteiger partial charge in [0, 0.05) is 13.1 Å². The Hall–Kier alpha value is -3.65. The molecule has 0 saturated heterocycles. The molecule has 1 N–H and O–H groups in total. The summed E-state index contributed by atoms with van der Waals surface area (Å²) in [6, 6.07) is 20.3. The van der Waals surface area contributed by atoms with Gasteiger partial charge in [-0.1, -0.05) is 60.2 Å². The number of carbonyl (C=O) groups is 2. The largest absolute Gasteiger partial charge is 0.355 e. The van der Waals surface area contributed by atoms with E-state index in [9.17, 15) is 18.0 Å². The van der Waals surface area contributed by atoms with Gasteiger partial charge in [0.15, 0.2) is 0 Å². The van der Waals surface area contributed by atoms with Crippen molar-refractivity contribution in [2.75, 3.05) is 17.4 Å². The minimum atomic E-state index is -4.07. The van der Waals surface area contributed by atoms with Gasteiger partial charge in [-0.25, -0.2) is 8.42 Å². The Morgan fingerprint density at radius 2 is 1.54 bits per heavy atom. The topological polar surface area (TPSA) is 86.8 Å². The van der Waals surface area contributed by atoms with Gasteiger partial charge in [-0.3, -0.25) is 13.9 Å². The normalized spacial score (nSPS) is 12.0. The van der Waals surface area contributed by atoms with Crippen LogP contribution in [-0.2, 0) is 26.2 Å². The molecule has 0 radical (unpaired) electrons. The lowest BCUT2D eigenvalue weighted by Crippen LogP contribution is -2.51. The fraction of sp³-hybridized carbons (Fsp3) is 0.310. The fourth-order valence-corrected chi connectivity index (χ4v) is 5.69. The molecule has 0 unspecified atom stereocenters. The van der Waals surface area contributed by atoms with Crippen LogP contribution in [-0.4, -0.2) is 44.3 Å². The first-order valence-electron chi connectivity index (χ1n) is 12.3. The zero-order valence-corrected chi connectivity index (χ0v) is 22.9. The molecule has 3 aromatic rings. The number of amides is 2. The van der Waals surface area contributed by atoms with Crippen molar-refractivity contribution < 1.29 is 18.0 Å². The molecule has 37 heavy (non-hydrogen) atoms. The van der Waals surface area contributed by atoms with Crippen LogP contribution in [0.25, 0.3) is 0 Å². The molecule has 196 valence electrons. The van der Waals surface area contributed by atoms with E-state index in [-0.39, 0.29) is 17.3 Å². The monoisotopic (exact) mass is 521 g/mol. The van der Waals surface area contributed by atoms with E-state index in [1.807, 2.05) is 64.1 Å². The highest BCUT2D eigenvalue weighted by atomic mass is 32.2. The van der Waals surface area contributed by atoms with Crippen LogP contribution < -0.4 is 9.62 Å². The van der Waals surface area contributed by atoms with Crippen LogP contribution in [0.1, 0.15) is 36.1 Å². The molecule has 0 aliphatic rings. The molecular weight excluding hydrogens is 486 g/mol. The number of rotatable bonds is 10. The third-order valence-electron chi connectivity index (χ3n) is 6.35. The average molecular weight is 522 g/mol. The molecule has 0 aliphatic heterocycles. The molecular formula is C29H35N3O4S. The summed E-state index contributed by atoms with van der Waals surface area (Å²) in [5.41, 5.74) is 4.00. The Labute approximate surface area is 220 Å². The number of aryl methyl sites for hydroxylation is 3. The third kappa shape index (κ3) is 6.57. The van der Waals surface area contributed by atoms with Gasteiger partial charge in [0.1, 0.15) is 12.6 Å². The second-order valence-electron chi connectivity index (χ2n) is 9.13. The summed E-state index contributed by atoms with van der Waals surface area (Å²) in [6.07, 6.45) is 0. The van der Waals surface area contributed by atoms with Crippen molar-refractivity contribution in [3.63, 3.8) is 0 Å². The Bertz CT molecular complexity index is 1360. The smallest absolute Gasteiger partial charge is 0.264 e.